The molecule has 0 spiro atoms. The number of aromatic nitrogens is 2. The number of anilines is 2. The molecule has 8 nitrogen and oxygen atoms in total. The molecule has 1 unspecified atom stereocenters. The molecule has 1 aromatic heterocycles. The summed E-state index contributed by atoms with van der Waals surface area (Å²) in [6.45, 7) is 1.18. The van der Waals surface area contributed by atoms with Crippen molar-refractivity contribution in [2.75, 3.05) is 37.5 Å². The minimum absolute atomic E-state index is 0.0984. The Hall–Kier alpha value is -3.88. The zero-order chi connectivity index (χ0) is 23.4. The van der Waals surface area contributed by atoms with Crippen LogP contribution in [0.15, 0.2) is 59.4 Å². The van der Waals surface area contributed by atoms with Crippen LogP contribution in [0.1, 0.15) is 12.8 Å². The van der Waals surface area contributed by atoms with Crippen LogP contribution in [0.25, 0.3) is 5.69 Å². The molecule has 4 rings (SSSR count). The number of hydrogen-bond donors (Lipinski definition) is 1. The van der Waals surface area contributed by atoms with Gasteiger partial charge in [-0.2, -0.15) is 4.68 Å². The fourth-order valence-corrected chi connectivity index (χ4v) is 3.89. The summed E-state index contributed by atoms with van der Waals surface area (Å²) in [5, 5.41) is 7.41. The Morgan fingerprint density at radius 1 is 1.06 bits per heavy atom. The average Bonchev–Trinajstić information content (AvgIpc) is 2.85. The summed E-state index contributed by atoms with van der Waals surface area (Å²) < 4.78 is 25.0. The van der Waals surface area contributed by atoms with E-state index >= 15 is 0 Å². The van der Waals surface area contributed by atoms with Crippen molar-refractivity contribution >= 4 is 17.4 Å². The maximum Gasteiger partial charge on any atom is 0.271 e. The first-order valence-electron chi connectivity index (χ1n) is 10.6. The van der Waals surface area contributed by atoms with Crippen LogP contribution < -0.4 is 25.2 Å². The number of piperidine rings is 1. The number of methoxy groups -OCH3 is 2. The van der Waals surface area contributed by atoms with Crippen LogP contribution in [0.3, 0.4) is 0 Å². The van der Waals surface area contributed by atoms with Gasteiger partial charge in [0.05, 0.1) is 25.8 Å². The number of halogens is 1. The number of carbonyl (C=O) groups excluding carboxylic acids is 1. The molecule has 1 aliphatic heterocycles. The molecule has 2 heterocycles. The van der Waals surface area contributed by atoms with E-state index in [4.69, 9.17) is 9.47 Å². The van der Waals surface area contributed by atoms with Crippen LogP contribution in [0, 0.1) is 11.7 Å². The molecular weight excluding hydrogens is 427 g/mol. The van der Waals surface area contributed by atoms with E-state index in [2.05, 4.69) is 10.4 Å². The second-order valence-electron chi connectivity index (χ2n) is 7.76. The minimum atomic E-state index is -0.387. The highest BCUT2D eigenvalue weighted by Crippen LogP contribution is 2.30. The molecule has 0 bridgehead atoms. The van der Waals surface area contributed by atoms with E-state index in [0.29, 0.717) is 35.2 Å². The van der Waals surface area contributed by atoms with Crippen molar-refractivity contribution in [3.05, 3.63) is 70.8 Å². The van der Waals surface area contributed by atoms with Crippen molar-refractivity contribution in [3.8, 4) is 17.2 Å². The maximum absolute atomic E-state index is 13.3. The van der Waals surface area contributed by atoms with E-state index in [1.807, 2.05) is 4.90 Å². The van der Waals surface area contributed by atoms with E-state index < -0.39 is 0 Å². The molecule has 1 fully saturated rings. The third kappa shape index (κ3) is 4.97. The number of nitrogens with one attached hydrogen (secondary N) is 1. The predicted octanol–water partition coefficient (Wildman–Crippen LogP) is 3.24. The summed E-state index contributed by atoms with van der Waals surface area (Å²) in [4.78, 5) is 27.3. The normalized spacial score (nSPS) is 15.7. The summed E-state index contributed by atoms with van der Waals surface area (Å²) in [5.74, 6) is 0.970. The number of ether oxygens (including phenoxy) is 2. The van der Waals surface area contributed by atoms with Crippen molar-refractivity contribution in [1.29, 1.82) is 0 Å². The summed E-state index contributed by atoms with van der Waals surface area (Å²) in [5.41, 5.74) is 0.783. The van der Waals surface area contributed by atoms with Crippen molar-refractivity contribution in [3.63, 3.8) is 0 Å². The van der Waals surface area contributed by atoms with Gasteiger partial charge >= 0.3 is 0 Å². The number of hydrogen-bond acceptors (Lipinski definition) is 6. The molecule has 172 valence electrons. The van der Waals surface area contributed by atoms with Crippen molar-refractivity contribution < 1.29 is 18.7 Å². The Kier molecular flexibility index (Phi) is 6.58. The molecule has 1 aliphatic rings. The molecule has 0 aliphatic carbocycles. The van der Waals surface area contributed by atoms with Gasteiger partial charge in [0.1, 0.15) is 11.6 Å². The van der Waals surface area contributed by atoms with Crippen LogP contribution in [0.2, 0.25) is 0 Å². The van der Waals surface area contributed by atoms with Crippen LogP contribution in [0.4, 0.5) is 15.9 Å². The third-order valence-electron chi connectivity index (χ3n) is 5.62. The first-order chi connectivity index (χ1) is 16.0. The molecule has 0 saturated carbocycles. The zero-order valence-electron chi connectivity index (χ0n) is 18.5. The zero-order valence-corrected chi connectivity index (χ0v) is 18.5. The van der Waals surface area contributed by atoms with Crippen LogP contribution in [-0.4, -0.2) is 43.0 Å². The lowest BCUT2D eigenvalue weighted by Gasteiger charge is -2.33. The minimum Gasteiger partial charge on any atom is -0.493 e. The number of carbonyl (C=O) groups is 1. The van der Waals surface area contributed by atoms with Gasteiger partial charge in [-0.3, -0.25) is 9.59 Å². The Morgan fingerprint density at radius 2 is 1.82 bits per heavy atom. The van der Waals surface area contributed by atoms with Gasteiger partial charge in [0.2, 0.25) is 5.91 Å². The smallest absolute Gasteiger partial charge is 0.271 e. The largest absolute Gasteiger partial charge is 0.493 e. The maximum atomic E-state index is 13.3. The van der Waals surface area contributed by atoms with Gasteiger partial charge in [-0.15, -0.1) is 5.10 Å². The van der Waals surface area contributed by atoms with E-state index in [1.165, 1.54) is 35.0 Å². The lowest BCUT2D eigenvalue weighted by atomic mass is 9.97. The molecule has 1 N–H and O–H groups in total. The fraction of sp³-hybridized carbons (Fsp3) is 0.292. The van der Waals surface area contributed by atoms with Crippen LogP contribution >= 0.6 is 0 Å². The standard InChI is InChI=1S/C24H25FN4O4/c1-32-20-10-7-18(14-21(20)33-2)26-24(31)16-4-3-13-28(15-16)22-11-12-23(30)29(27-22)19-8-5-17(25)6-9-19/h5-12,14,16H,3-4,13,15H2,1-2H3,(H,26,31). The first-order valence-corrected chi connectivity index (χ1v) is 10.6. The molecule has 1 amide bonds. The molecular formula is C24H25FN4O4. The summed E-state index contributed by atoms with van der Waals surface area (Å²) in [6, 6.07) is 13.9. The lowest BCUT2D eigenvalue weighted by Crippen LogP contribution is -2.41. The van der Waals surface area contributed by atoms with Gasteiger partial charge in [0.15, 0.2) is 11.5 Å². The molecule has 1 atom stereocenters. The summed E-state index contributed by atoms with van der Waals surface area (Å²) in [7, 11) is 3.10. The molecule has 33 heavy (non-hydrogen) atoms. The molecule has 0 radical (unpaired) electrons. The second kappa shape index (κ2) is 9.72. The van der Waals surface area contributed by atoms with E-state index in [0.717, 1.165) is 19.4 Å². The number of rotatable bonds is 6. The van der Waals surface area contributed by atoms with Gasteiger partial charge in [-0.05, 0) is 55.3 Å². The fourth-order valence-electron chi connectivity index (χ4n) is 3.89. The Balaban J connectivity index is 1.49. The molecule has 2 aromatic carbocycles. The average molecular weight is 452 g/mol. The van der Waals surface area contributed by atoms with Crippen molar-refractivity contribution in [2.45, 2.75) is 12.8 Å². The van der Waals surface area contributed by atoms with Crippen molar-refractivity contribution in [2.24, 2.45) is 5.92 Å². The highest BCUT2D eigenvalue weighted by Gasteiger charge is 2.27. The van der Waals surface area contributed by atoms with E-state index in [-0.39, 0.29) is 23.2 Å². The monoisotopic (exact) mass is 452 g/mol. The Bertz CT molecular complexity index is 1200. The topological polar surface area (TPSA) is 85.7 Å². The predicted molar refractivity (Wildman–Crippen MR) is 123 cm³/mol. The van der Waals surface area contributed by atoms with Crippen molar-refractivity contribution in [1.82, 2.24) is 9.78 Å². The second-order valence-corrected chi connectivity index (χ2v) is 7.76. The molecule has 3 aromatic rings. The summed E-state index contributed by atoms with van der Waals surface area (Å²) in [6.07, 6.45) is 1.55. The van der Waals surface area contributed by atoms with Gasteiger partial charge in [-0.25, -0.2) is 4.39 Å². The Morgan fingerprint density at radius 3 is 2.55 bits per heavy atom. The number of amides is 1. The third-order valence-corrected chi connectivity index (χ3v) is 5.62. The Labute approximate surface area is 190 Å². The van der Waals surface area contributed by atoms with Gasteiger partial charge in [0.25, 0.3) is 5.56 Å². The number of nitrogens with zero attached hydrogens (tertiary/aromatic N) is 3. The van der Waals surface area contributed by atoms with Crippen LogP contribution in [0.5, 0.6) is 11.5 Å². The molecule has 9 heteroatoms. The van der Waals surface area contributed by atoms with Crippen LogP contribution in [-0.2, 0) is 4.79 Å². The SMILES string of the molecule is COc1ccc(NC(=O)C2CCCN(c3ccc(=O)n(-c4ccc(F)cc4)n3)C2)cc1OC. The van der Waals surface area contributed by atoms with E-state index in [1.54, 1.807) is 38.5 Å². The number of benzene rings is 2. The molecule has 1 saturated heterocycles. The van der Waals surface area contributed by atoms with Gasteiger partial charge in [0, 0.05) is 30.9 Å². The highest BCUT2D eigenvalue weighted by atomic mass is 19.1. The van der Waals surface area contributed by atoms with E-state index in [9.17, 15) is 14.0 Å². The highest BCUT2D eigenvalue weighted by molar-refractivity contribution is 5.93. The van der Waals surface area contributed by atoms with Gasteiger partial charge < -0.3 is 19.7 Å². The quantitative estimate of drug-likeness (QED) is 0.618. The first kappa shape index (κ1) is 22.3. The lowest BCUT2D eigenvalue weighted by molar-refractivity contribution is -0.120. The van der Waals surface area contributed by atoms with Gasteiger partial charge in [-0.1, -0.05) is 0 Å². The summed E-state index contributed by atoms with van der Waals surface area (Å²) >= 11 is 0.